The van der Waals surface area contributed by atoms with Gasteiger partial charge in [-0.15, -0.1) is 0 Å². The molecule has 0 bridgehead atoms. The second kappa shape index (κ2) is 7.03. The van der Waals surface area contributed by atoms with E-state index in [1.165, 1.54) is 14.2 Å². The highest BCUT2D eigenvalue weighted by Crippen LogP contribution is 2.33. The van der Waals surface area contributed by atoms with Crippen molar-refractivity contribution in [3.8, 4) is 0 Å². The van der Waals surface area contributed by atoms with Gasteiger partial charge in [-0.3, -0.25) is 9.59 Å². The molecule has 0 saturated heterocycles. The number of hydrogen-bond acceptors (Lipinski definition) is 5. The van der Waals surface area contributed by atoms with Gasteiger partial charge in [0.2, 0.25) is 15.9 Å². The van der Waals surface area contributed by atoms with Crippen molar-refractivity contribution in [2.24, 2.45) is 5.92 Å². The zero-order chi connectivity index (χ0) is 15.3. The van der Waals surface area contributed by atoms with Gasteiger partial charge in [-0.2, -0.15) is 4.31 Å². The molecule has 1 saturated carbocycles. The minimum atomic E-state index is -3.69. The maximum Gasteiger partial charge on any atom is 0.310 e. The van der Waals surface area contributed by atoms with Crippen molar-refractivity contribution < 1.29 is 22.7 Å². The second-order valence-corrected chi connectivity index (χ2v) is 6.90. The first-order valence-corrected chi connectivity index (χ1v) is 8.16. The number of esters is 1. The van der Waals surface area contributed by atoms with Gasteiger partial charge in [-0.25, -0.2) is 8.42 Å². The van der Waals surface area contributed by atoms with E-state index in [1.807, 2.05) is 0 Å². The fourth-order valence-electron chi connectivity index (χ4n) is 2.52. The number of sulfonamides is 1. The lowest BCUT2D eigenvalue weighted by Crippen LogP contribution is -2.46. The van der Waals surface area contributed by atoms with Crippen molar-refractivity contribution in [1.29, 1.82) is 0 Å². The molecular formula is C12H22N2O5S. The van der Waals surface area contributed by atoms with Crippen molar-refractivity contribution >= 4 is 21.9 Å². The smallest absolute Gasteiger partial charge is 0.310 e. The average molecular weight is 306 g/mol. The lowest BCUT2D eigenvalue weighted by Gasteiger charge is -2.26. The molecule has 2 unspecified atom stereocenters. The number of carbonyl (C=O) groups is 2. The van der Waals surface area contributed by atoms with Crippen LogP contribution in [0.3, 0.4) is 0 Å². The van der Waals surface area contributed by atoms with Crippen molar-refractivity contribution in [3.63, 3.8) is 0 Å². The summed E-state index contributed by atoms with van der Waals surface area (Å²) in [5, 5.41) is 1.61. The van der Waals surface area contributed by atoms with E-state index in [4.69, 9.17) is 0 Å². The molecule has 0 spiro atoms. The highest BCUT2D eigenvalue weighted by Gasteiger charge is 2.44. The molecule has 2 atom stereocenters. The van der Waals surface area contributed by atoms with Crippen LogP contribution in [0.2, 0.25) is 0 Å². The summed E-state index contributed by atoms with van der Waals surface area (Å²) < 4.78 is 31.0. The molecule has 0 aromatic carbocycles. The molecule has 116 valence electrons. The highest BCUT2D eigenvalue weighted by atomic mass is 32.2. The summed E-state index contributed by atoms with van der Waals surface area (Å²) in [6, 6.07) is 0. The van der Waals surface area contributed by atoms with Crippen LogP contribution in [-0.4, -0.2) is 57.1 Å². The lowest BCUT2D eigenvalue weighted by molar-refractivity contribution is -0.145. The molecule has 0 aliphatic heterocycles. The standard InChI is InChI=1S/C12H22N2O5S/c1-4-14(8-11(15)13-2)20(17,18)10-7-5-6-9(10)12(16)19-3/h9-10H,4-8H2,1-3H3,(H,13,15). The molecule has 1 amide bonds. The SMILES string of the molecule is CCN(CC(=O)NC)S(=O)(=O)C1CCCC1C(=O)OC. The zero-order valence-electron chi connectivity index (χ0n) is 12.1. The van der Waals surface area contributed by atoms with Gasteiger partial charge in [-0.05, 0) is 12.8 Å². The van der Waals surface area contributed by atoms with Crippen LogP contribution >= 0.6 is 0 Å². The van der Waals surface area contributed by atoms with Gasteiger partial charge >= 0.3 is 5.97 Å². The Morgan fingerprint density at radius 2 is 2.00 bits per heavy atom. The number of carbonyl (C=O) groups excluding carboxylic acids is 2. The molecule has 7 nitrogen and oxygen atoms in total. The van der Waals surface area contributed by atoms with E-state index in [0.717, 1.165) is 4.31 Å². The number of rotatable bonds is 6. The third-order valence-electron chi connectivity index (χ3n) is 3.65. The molecule has 1 aliphatic carbocycles. The number of nitrogens with one attached hydrogen (secondary N) is 1. The molecule has 1 N–H and O–H groups in total. The van der Waals surface area contributed by atoms with Crippen LogP contribution in [-0.2, 0) is 24.3 Å². The Labute approximate surface area is 119 Å². The Balaban J connectivity index is 2.95. The van der Waals surface area contributed by atoms with Crippen molar-refractivity contribution in [2.45, 2.75) is 31.4 Å². The van der Waals surface area contributed by atoms with Crippen LogP contribution in [0.1, 0.15) is 26.2 Å². The molecule has 0 radical (unpaired) electrons. The molecular weight excluding hydrogens is 284 g/mol. The number of nitrogens with zero attached hydrogens (tertiary/aromatic N) is 1. The van der Waals surface area contributed by atoms with Crippen LogP contribution in [0.5, 0.6) is 0 Å². The number of ether oxygens (including phenoxy) is 1. The van der Waals surface area contributed by atoms with Crippen molar-refractivity contribution in [3.05, 3.63) is 0 Å². The van der Waals surface area contributed by atoms with Crippen LogP contribution in [0, 0.1) is 5.92 Å². The van der Waals surface area contributed by atoms with E-state index in [9.17, 15) is 18.0 Å². The summed E-state index contributed by atoms with van der Waals surface area (Å²) in [6.07, 6.45) is 1.60. The maximum absolute atomic E-state index is 12.6. The van der Waals surface area contributed by atoms with E-state index in [-0.39, 0.29) is 19.0 Å². The monoisotopic (exact) mass is 306 g/mol. The van der Waals surface area contributed by atoms with Gasteiger partial charge in [-0.1, -0.05) is 13.3 Å². The van der Waals surface area contributed by atoms with Crippen LogP contribution in [0.4, 0.5) is 0 Å². The highest BCUT2D eigenvalue weighted by molar-refractivity contribution is 7.89. The summed E-state index contributed by atoms with van der Waals surface area (Å²) in [5.41, 5.74) is 0. The Kier molecular flexibility index (Phi) is 5.94. The van der Waals surface area contributed by atoms with Gasteiger partial charge in [0, 0.05) is 13.6 Å². The lowest BCUT2D eigenvalue weighted by atomic mass is 10.1. The molecule has 0 aromatic rings. The van der Waals surface area contributed by atoms with Crippen LogP contribution in [0.15, 0.2) is 0 Å². The largest absolute Gasteiger partial charge is 0.469 e. The van der Waals surface area contributed by atoms with Gasteiger partial charge in [0.25, 0.3) is 0 Å². The fourth-order valence-corrected chi connectivity index (χ4v) is 4.68. The Bertz CT molecular complexity index is 462. The van der Waals surface area contributed by atoms with E-state index in [2.05, 4.69) is 10.1 Å². The Morgan fingerprint density at radius 1 is 1.35 bits per heavy atom. The number of methoxy groups -OCH3 is 1. The molecule has 1 rings (SSSR count). The number of likely N-dealkylation sites (N-methyl/N-ethyl adjacent to an activating group) is 2. The molecule has 1 aliphatic rings. The summed E-state index contributed by atoms with van der Waals surface area (Å²) in [6.45, 7) is 1.64. The van der Waals surface area contributed by atoms with Crippen LogP contribution < -0.4 is 5.32 Å². The van der Waals surface area contributed by atoms with Crippen molar-refractivity contribution in [1.82, 2.24) is 9.62 Å². The van der Waals surface area contributed by atoms with E-state index in [0.29, 0.717) is 19.3 Å². The van der Waals surface area contributed by atoms with Crippen LogP contribution in [0.25, 0.3) is 0 Å². The predicted octanol–water partition coefficient (Wildman–Crippen LogP) is -0.274. The summed E-state index contributed by atoms with van der Waals surface area (Å²) in [4.78, 5) is 23.1. The fraction of sp³-hybridized carbons (Fsp3) is 0.833. The molecule has 20 heavy (non-hydrogen) atoms. The number of hydrogen-bond donors (Lipinski definition) is 1. The molecule has 0 heterocycles. The third kappa shape index (κ3) is 3.49. The molecule has 8 heteroatoms. The minimum absolute atomic E-state index is 0.195. The second-order valence-electron chi connectivity index (χ2n) is 4.74. The third-order valence-corrected chi connectivity index (χ3v) is 6.09. The average Bonchev–Trinajstić information content (AvgIpc) is 2.93. The van der Waals surface area contributed by atoms with Gasteiger partial charge in [0.15, 0.2) is 0 Å². The first-order chi connectivity index (χ1) is 9.38. The zero-order valence-corrected chi connectivity index (χ0v) is 12.9. The van der Waals surface area contributed by atoms with E-state index in [1.54, 1.807) is 6.92 Å². The Hall–Kier alpha value is -1.15. The van der Waals surface area contributed by atoms with Gasteiger partial charge in [0.05, 0.1) is 24.8 Å². The first kappa shape index (κ1) is 16.9. The predicted molar refractivity (Wildman–Crippen MR) is 73.4 cm³/mol. The van der Waals surface area contributed by atoms with E-state index < -0.39 is 27.2 Å². The summed E-state index contributed by atoms with van der Waals surface area (Å²) >= 11 is 0. The summed E-state index contributed by atoms with van der Waals surface area (Å²) in [5.74, 6) is -1.50. The topological polar surface area (TPSA) is 92.8 Å². The quantitative estimate of drug-likeness (QED) is 0.682. The van der Waals surface area contributed by atoms with Crippen molar-refractivity contribution in [2.75, 3.05) is 27.2 Å². The van der Waals surface area contributed by atoms with Gasteiger partial charge in [0.1, 0.15) is 0 Å². The first-order valence-electron chi connectivity index (χ1n) is 6.65. The Morgan fingerprint density at radius 3 is 2.50 bits per heavy atom. The maximum atomic E-state index is 12.6. The van der Waals surface area contributed by atoms with Gasteiger partial charge < -0.3 is 10.1 Å². The number of amides is 1. The summed E-state index contributed by atoms with van der Waals surface area (Å²) in [7, 11) is -0.978. The molecule has 0 aromatic heterocycles. The minimum Gasteiger partial charge on any atom is -0.469 e. The molecule has 1 fully saturated rings. The van der Waals surface area contributed by atoms with E-state index >= 15 is 0 Å². The normalized spacial score (nSPS) is 22.8.